The van der Waals surface area contributed by atoms with Crippen LogP contribution in [0.4, 0.5) is 0 Å². The van der Waals surface area contributed by atoms with Crippen LogP contribution in [0.5, 0.6) is 0 Å². The highest BCUT2D eigenvalue weighted by molar-refractivity contribution is 9.10. The minimum absolute atomic E-state index is 0.938. The second-order valence-electron chi connectivity index (χ2n) is 6.56. The van der Waals surface area contributed by atoms with Crippen LogP contribution in [-0.2, 0) is 13.1 Å². The molecule has 6 heteroatoms. The smallest absolute Gasteiger partial charge is 0.123 e. The van der Waals surface area contributed by atoms with Crippen molar-refractivity contribution in [1.82, 2.24) is 19.8 Å². The van der Waals surface area contributed by atoms with Gasteiger partial charge in [-0.3, -0.25) is 14.8 Å². The zero-order chi connectivity index (χ0) is 17.8. The molecule has 0 amide bonds. The van der Waals surface area contributed by atoms with E-state index in [1.54, 1.807) is 11.3 Å². The topological polar surface area (TPSA) is 32.3 Å². The van der Waals surface area contributed by atoms with Crippen LogP contribution < -0.4 is 0 Å². The first-order chi connectivity index (χ1) is 12.8. The Morgan fingerprint density at radius 3 is 2.42 bits per heavy atom. The van der Waals surface area contributed by atoms with Crippen molar-refractivity contribution in [3.8, 4) is 10.6 Å². The highest BCUT2D eigenvalue weighted by Gasteiger charge is 2.18. The second-order valence-corrected chi connectivity index (χ2v) is 8.34. The van der Waals surface area contributed by atoms with E-state index in [1.807, 2.05) is 18.5 Å². The van der Waals surface area contributed by atoms with Crippen LogP contribution in [0.25, 0.3) is 10.6 Å². The number of benzene rings is 1. The van der Waals surface area contributed by atoms with Gasteiger partial charge in [0.2, 0.25) is 0 Å². The molecule has 1 aliphatic heterocycles. The Morgan fingerprint density at radius 2 is 1.69 bits per heavy atom. The predicted molar refractivity (Wildman–Crippen MR) is 110 cm³/mol. The third kappa shape index (κ3) is 4.57. The van der Waals surface area contributed by atoms with E-state index >= 15 is 0 Å². The van der Waals surface area contributed by atoms with Gasteiger partial charge in [0.1, 0.15) is 5.01 Å². The van der Waals surface area contributed by atoms with Gasteiger partial charge in [0.25, 0.3) is 0 Å². The van der Waals surface area contributed by atoms with Crippen LogP contribution in [0.3, 0.4) is 0 Å². The number of piperazine rings is 1. The van der Waals surface area contributed by atoms with E-state index in [4.69, 9.17) is 4.98 Å². The van der Waals surface area contributed by atoms with E-state index in [2.05, 4.69) is 66.4 Å². The average molecular weight is 429 g/mol. The minimum Gasteiger partial charge on any atom is -0.297 e. The summed E-state index contributed by atoms with van der Waals surface area (Å²) in [6, 6.07) is 12.5. The Balaban J connectivity index is 1.31. The number of hydrogen-bond donors (Lipinski definition) is 0. The number of nitrogens with zero attached hydrogens (tertiary/aromatic N) is 4. The van der Waals surface area contributed by atoms with Gasteiger partial charge in [-0.05, 0) is 29.8 Å². The monoisotopic (exact) mass is 428 g/mol. The SMILES string of the molecule is Brc1cccc(-c2nc(CN3CCN(Cc4ccncc4)CC3)cs2)c1. The molecule has 0 radical (unpaired) electrons. The summed E-state index contributed by atoms with van der Waals surface area (Å²) in [5.74, 6) is 0. The Bertz CT molecular complexity index is 844. The van der Waals surface area contributed by atoms with E-state index in [-0.39, 0.29) is 0 Å². The van der Waals surface area contributed by atoms with Crippen LogP contribution in [0.1, 0.15) is 11.3 Å². The molecule has 4 nitrogen and oxygen atoms in total. The van der Waals surface area contributed by atoms with Crippen molar-refractivity contribution in [1.29, 1.82) is 0 Å². The van der Waals surface area contributed by atoms with Gasteiger partial charge in [-0.2, -0.15) is 0 Å². The molecule has 0 spiro atoms. The van der Waals surface area contributed by atoms with Crippen molar-refractivity contribution in [3.63, 3.8) is 0 Å². The lowest BCUT2D eigenvalue weighted by Gasteiger charge is -2.34. The van der Waals surface area contributed by atoms with Crippen LogP contribution in [0, 0.1) is 0 Å². The fourth-order valence-corrected chi connectivity index (χ4v) is 4.42. The first kappa shape index (κ1) is 17.8. The molecular formula is C20H21BrN4S. The predicted octanol–water partition coefficient (Wildman–Crippen LogP) is 4.29. The Hall–Kier alpha value is -1.60. The van der Waals surface area contributed by atoms with Gasteiger partial charge >= 0.3 is 0 Å². The molecule has 3 aromatic rings. The zero-order valence-corrected chi connectivity index (χ0v) is 16.9. The van der Waals surface area contributed by atoms with Gasteiger partial charge in [-0.25, -0.2) is 4.98 Å². The van der Waals surface area contributed by atoms with E-state index in [1.165, 1.54) is 16.8 Å². The van der Waals surface area contributed by atoms with Gasteiger partial charge in [0.15, 0.2) is 0 Å². The summed E-state index contributed by atoms with van der Waals surface area (Å²) in [7, 11) is 0. The summed E-state index contributed by atoms with van der Waals surface area (Å²) >= 11 is 5.26. The first-order valence-corrected chi connectivity index (χ1v) is 10.5. The second kappa shape index (κ2) is 8.39. The average Bonchev–Trinajstić information content (AvgIpc) is 3.13. The normalized spacial score (nSPS) is 16.0. The fraction of sp³-hybridized carbons (Fsp3) is 0.300. The molecule has 1 fully saturated rings. The third-order valence-corrected chi connectivity index (χ3v) is 6.06. The summed E-state index contributed by atoms with van der Waals surface area (Å²) in [6.45, 7) is 6.34. The van der Waals surface area contributed by atoms with Crippen molar-refractivity contribution in [3.05, 3.63) is 69.9 Å². The lowest BCUT2D eigenvalue weighted by molar-refractivity contribution is 0.121. The molecule has 3 heterocycles. The van der Waals surface area contributed by atoms with Gasteiger partial charge in [-0.15, -0.1) is 11.3 Å². The Labute approximate surface area is 166 Å². The van der Waals surface area contributed by atoms with E-state index in [0.717, 1.165) is 48.7 Å². The first-order valence-electron chi connectivity index (χ1n) is 8.80. The van der Waals surface area contributed by atoms with Crippen molar-refractivity contribution < 1.29 is 0 Å². The maximum Gasteiger partial charge on any atom is 0.123 e. The molecule has 134 valence electrons. The molecule has 0 bridgehead atoms. The third-order valence-electron chi connectivity index (χ3n) is 4.63. The van der Waals surface area contributed by atoms with Crippen LogP contribution in [0.2, 0.25) is 0 Å². The molecule has 2 aromatic heterocycles. The molecule has 0 aliphatic carbocycles. The molecule has 1 saturated heterocycles. The lowest BCUT2D eigenvalue weighted by Crippen LogP contribution is -2.45. The van der Waals surface area contributed by atoms with Crippen molar-refractivity contribution in [2.75, 3.05) is 26.2 Å². The largest absolute Gasteiger partial charge is 0.297 e. The number of rotatable bonds is 5. The van der Waals surface area contributed by atoms with Crippen molar-refractivity contribution in [2.24, 2.45) is 0 Å². The highest BCUT2D eigenvalue weighted by atomic mass is 79.9. The summed E-state index contributed by atoms with van der Waals surface area (Å²) in [5.41, 5.74) is 3.69. The van der Waals surface area contributed by atoms with Crippen LogP contribution >= 0.6 is 27.3 Å². The molecule has 0 saturated carbocycles. The van der Waals surface area contributed by atoms with E-state index < -0.39 is 0 Å². The van der Waals surface area contributed by atoms with Crippen LogP contribution in [-0.4, -0.2) is 45.9 Å². The molecule has 26 heavy (non-hydrogen) atoms. The van der Waals surface area contributed by atoms with Gasteiger partial charge in [0.05, 0.1) is 5.69 Å². The maximum absolute atomic E-state index is 4.84. The molecule has 1 aliphatic rings. The number of pyridine rings is 1. The molecular weight excluding hydrogens is 408 g/mol. The minimum atomic E-state index is 0.938. The molecule has 0 N–H and O–H groups in total. The number of halogens is 1. The molecule has 0 unspecified atom stereocenters. The summed E-state index contributed by atoms with van der Waals surface area (Å²) < 4.78 is 1.09. The maximum atomic E-state index is 4.84. The van der Waals surface area contributed by atoms with Crippen molar-refractivity contribution >= 4 is 27.3 Å². The summed E-state index contributed by atoms with van der Waals surface area (Å²) in [5, 5.41) is 3.29. The van der Waals surface area contributed by atoms with Crippen LogP contribution in [0.15, 0.2) is 58.6 Å². The van der Waals surface area contributed by atoms with Gasteiger partial charge < -0.3 is 0 Å². The quantitative estimate of drug-likeness (QED) is 0.606. The van der Waals surface area contributed by atoms with E-state index in [9.17, 15) is 0 Å². The zero-order valence-electron chi connectivity index (χ0n) is 14.5. The molecule has 4 rings (SSSR count). The van der Waals surface area contributed by atoms with Gasteiger partial charge in [0, 0.05) is 67.1 Å². The van der Waals surface area contributed by atoms with Gasteiger partial charge in [-0.1, -0.05) is 28.1 Å². The fourth-order valence-electron chi connectivity index (χ4n) is 3.21. The number of hydrogen-bond acceptors (Lipinski definition) is 5. The van der Waals surface area contributed by atoms with E-state index in [0.29, 0.717) is 0 Å². The number of aromatic nitrogens is 2. The Kier molecular flexibility index (Phi) is 5.75. The standard InChI is InChI=1S/C20H21BrN4S/c21-18-3-1-2-17(12-18)20-23-19(15-26-20)14-25-10-8-24(9-11-25)13-16-4-6-22-7-5-16/h1-7,12,15H,8-11,13-14H2. The summed E-state index contributed by atoms with van der Waals surface area (Å²) in [4.78, 5) is 13.9. The Morgan fingerprint density at radius 1 is 0.962 bits per heavy atom. The molecule has 1 aromatic carbocycles. The molecule has 0 atom stereocenters. The van der Waals surface area contributed by atoms with Crippen molar-refractivity contribution in [2.45, 2.75) is 13.1 Å². The highest BCUT2D eigenvalue weighted by Crippen LogP contribution is 2.26. The lowest BCUT2D eigenvalue weighted by atomic mass is 10.2. The summed E-state index contributed by atoms with van der Waals surface area (Å²) in [6.07, 6.45) is 3.74. The number of thiazole rings is 1.